The van der Waals surface area contributed by atoms with Gasteiger partial charge in [-0.15, -0.1) is 0 Å². The molecule has 25 heavy (non-hydrogen) atoms. The number of carbonyl (C=O) groups is 1. The van der Waals surface area contributed by atoms with E-state index in [9.17, 15) is 4.79 Å². The molecule has 0 aliphatic rings. The van der Waals surface area contributed by atoms with Gasteiger partial charge in [0.15, 0.2) is 0 Å². The van der Waals surface area contributed by atoms with Crippen LogP contribution in [0.2, 0.25) is 0 Å². The lowest BCUT2D eigenvalue weighted by Crippen LogP contribution is -2.09. The van der Waals surface area contributed by atoms with Crippen LogP contribution in [0.3, 0.4) is 0 Å². The highest BCUT2D eigenvalue weighted by Gasteiger charge is 2.16. The standard InChI is InChI=1S/C21H24O4/c1-15-9-10-16(2)20(13-15)25-14-17-7-5-6-8-18(17)19(11-12-23-3)21(22)24-4/h5-11,13H,12,14H2,1-4H3/b19-11+. The summed E-state index contributed by atoms with van der Waals surface area (Å²) in [7, 11) is 2.96. The van der Waals surface area contributed by atoms with Crippen LogP contribution in [0.15, 0.2) is 48.5 Å². The first-order valence-electron chi connectivity index (χ1n) is 8.12. The Kier molecular flexibility index (Phi) is 6.78. The molecule has 0 amide bonds. The molecule has 0 atom stereocenters. The number of ether oxygens (including phenoxy) is 3. The SMILES string of the molecule is COC/C=C(/C(=O)OC)c1ccccc1COc1cc(C)ccc1C. The summed E-state index contributed by atoms with van der Waals surface area (Å²) in [6, 6.07) is 13.8. The monoisotopic (exact) mass is 340 g/mol. The van der Waals surface area contributed by atoms with Gasteiger partial charge >= 0.3 is 5.97 Å². The summed E-state index contributed by atoms with van der Waals surface area (Å²) in [5, 5.41) is 0. The van der Waals surface area contributed by atoms with E-state index in [4.69, 9.17) is 14.2 Å². The van der Waals surface area contributed by atoms with E-state index in [1.807, 2.05) is 50.2 Å². The normalized spacial score (nSPS) is 11.3. The van der Waals surface area contributed by atoms with Gasteiger partial charge in [0, 0.05) is 7.11 Å². The lowest BCUT2D eigenvalue weighted by molar-refractivity contribution is -0.133. The van der Waals surface area contributed by atoms with Gasteiger partial charge in [-0.2, -0.15) is 0 Å². The summed E-state index contributed by atoms with van der Waals surface area (Å²) in [4.78, 5) is 12.2. The molecule has 0 radical (unpaired) electrons. The fourth-order valence-corrected chi connectivity index (χ4v) is 2.51. The van der Waals surface area contributed by atoms with E-state index >= 15 is 0 Å². The van der Waals surface area contributed by atoms with E-state index in [1.165, 1.54) is 7.11 Å². The first-order chi connectivity index (χ1) is 12.1. The maximum Gasteiger partial charge on any atom is 0.338 e. The molecule has 0 aromatic heterocycles. The van der Waals surface area contributed by atoms with Crippen molar-refractivity contribution in [2.45, 2.75) is 20.5 Å². The molecule has 0 aliphatic heterocycles. The summed E-state index contributed by atoms with van der Waals surface area (Å²) in [5.41, 5.74) is 4.40. The molecule has 0 aliphatic carbocycles. The maximum absolute atomic E-state index is 12.2. The lowest BCUT2D eigenvalue weighted by Gasteiger charge is -2.14. The van der Waals surface area contributed by atoms with Crippen LogP contribution in [0.4, 0.5) is 0 Å². The molecule has 0 saturated carbocycles. The molecule has 4 heteroatoms. The van der Waals surface area contributed by atoms with Gasteiger partial charge < -0.3 is 14.2 Å². The Balaban J connectivity index is 2.30. The molecule has 2 aromatic rings. The molecule has 0 heterocycles. The molecule has 4 nitrogen and oxygen atoms in total. The molecule has 2 aromatic carbocycles. The van der Waals surface area contributed by atoms with Gasteiger partial charge in [-0.05, 0) is 48.2 Å². The number of hydrogen-bond acceptors (Lipinski definition) is 4. The van der Waals surface area contributed by atoms with Crippen molar-refractivity contribution in [1.82, 2.24) is 0 Å². The second kappa shape index (κ2) is 9.04. The van der Waals surface area contributed by atoms with E-state index in [0.717, 1.165) is 28.0 Å². The summed E-state index contributed by atoms with van der Waals surface area (Å²) in [6.07, 6.45) is 1.72. The van der Waals surface area contributed by atoms with Gasteiger partial charge in [-0.25, -0.2) is 4.79 Å². The van der Waals surface area contributed by atoms with E-state index in [2.05, 4.69) is 6.07 Å². The zero-order chi connectivity index (χ0) is 18.2. The van der Waals surface area contributed by atoms with Crippen molar-refractivity contribution in [3.8, 4) is 5.75 Å². The summed E-state index contributed by atoms with van der Waals surface area (Å²) in [6.45, 7) is 4.74. The fourth-order valence-electron chi connectivity index (χ4n) is 2.51. The second-order valence-corrected chi connectivity index (χ2v) is 5.78. The van der Waals surface area contributed by atoms with Gasteiger partial charge in [-0.1, -0.05) is 36.4 Å². The highest BCUT2D eigenvalue weighted by Crippen LogP contribution is 2.24. The topological polar surface area (TPSA) is 44.8 Å². The van der Waals surface area contributed by atoms with Crippen LogP contribution in [0.1, 0.15) is 22.3 Å². The average molecular weight is 340 g/mol. The number of rotatable bonds is 7. The summed E-state index contributed by atoms with van der Waals surface area (Å²) in [5.74, 6) is 0.450. The van der Waals surface area contributed by atoms with Crippen LogP contribution in [0.25, 0.3) is 5.57 Å². The first kappa shape index (κ1) is 18.7. The van der Waals surface area contributed by atoms with Crippen LogP contribution in [0.5, 0.6) is 5.75 Å². The van der Waals surface area contributed by atoms with Crippen molar-refractivity contribution in [2.24, 2.45) is 0 Å². The third-order valence-corrected chi connectivity index (χ3v) is 3.89. The molecule has 0 spiro atoms. The van der Waals surface area contributed by atoms with Crippen molar-refractivity contribution >= 4 is 11.5 Å². The molecule has 0 fully saturated rings. The Labute approximate surface area is 149 Å². The smallest absolute Gasteiger partial charge is 0.338 e. The number of carbonyl (C=O) groups excluding carboxylic acids is 1. The van der Waals surface area contributed by atoms with Crippen LogP contribution in [-0.4, -0.2) is 26.8 Å². The minimum Gasteiger partial charge on any atom is -0.489 e. The van der Waals surface area contributed by atoms with Crippen molar-refractivity contribution in [3.05, 3.63) is 70.8 Å². The Hall–Kier alpha value is -2.59. The Morgan fingerprint density at radius 1 is 1.08 bits per heavy atom. The molecule has 132 valence electrons. The number of benzene rings is 2. The highest BCUT2D eigenvalue weighted by atomic mass is 16.5. The van der Waals surface area contributed by atoms with Gasteiger partial charge in [0.1, 0.15) is 12.4 Å². The number of esters is 1. The fraction of sp³-hybridized carbons (Fsp3) is 0.286. The van der Waals surface area contributed by atoms with Gasteiger partial charge in [0.25, 0.3) is 0 Å². The van der Waals surface area contributed by atoms with E-state index in [-0.39, 0.29) is 0 Å². The van der Waals surface area contributed by atoms with Crippen LogP contribution in [0, 0.1) is 13.8 Å². The van der Waals surface area contributed by atoms with Gasteiger partial charge in [0.05, 0.1) is 19.3 Å². The minimum absolute atomic E-state index is 0.330. The van der Waals surface area contributed by atoms with E-state index < -0.39 is 5.97 Å². The van der Waals surface area contributed by atoms with Crippen LogP contribution < -0.4 is 4.74 Å². The quantitative estimate of drug-likeness (QED) is 0.563. The number of hydrogen-bond donors (Lipinski definition) is 0. The molecule has 0 unspecified atom stereocenters. The Bertz CT molecular complexity index is 762. The zero-order valence-corrected chi connectivity index (χ0v) is 15.2. The zero-order valence-electron chi connectivity index (χ0n) is 15.2. The minimum atomic E-state index is -0.392. The third kappa shape index (κ3) is 4.94. The highest BCUT2D eigenvalue weighted by molar-refractivity contribution is 6.16. The number of aryl methyl sites for hydroxylation is 2. The predicted octanol–water partition coefficient (Wildman–Crippen LogP) is 4.09. The van der Waals surface area contributed by atoms with Gasteiger partial charge in [0.2, 0.25) is 0 Å². The van der Waals surface area contributed by atoms with E-state index in [1.54, 1.807) is 13.2 Å². The molecule has 0 bridgehead atoms. The van der Waals surface area contributed by atoms with Gasteiger partial charge in [-0.3, -0.25) is 0 Å². The first-order valence-corrected chi connectivity index (χ1v) is 8.12. The van der Waals surface area contributed by atoms with Crippen molar-refractivity contribution in [3.63, 3.8) is 0 Å². The largest absolute Gasteiger partial charge is 0.489 e. The molecular weight excluding hydrogens is 316 g/mol. The van der Waals surface area contributed by atoms with Crippen molar-refractivity contribution in [1.29, 1.82) is 0 Å². The molecule has 0 N–H and O–H groups in total. The van der Waals surface area contributed by atoms with Crippen molar-refractivity contribution < 1.29 is 19.0 Å². The van der Waals surface area contributed by atoms with Crippen LogP contribution in [-0.2, 0) is 20.9 Å². The predicted molar refractivity (Wildman–Crippen MR) is 98.6 cm³/mol. The summed E-state index contributed by atoms with van der Waals surface area (Å²) < 4.78 is 16.0. The van der Waals surface area contributed by atoms with Crippen LogP contribution >= 0.6 is 0 Å². The van der Waals surface area contributed by atoms with E-state index in [0.29, 0.717) is 18.8 Å². The molecule has 0 saturated heterocycles. The number of methoxy groups -OCH3 is 2. The summed E-state index contributed by atoms with van der Waals surface area (Å²) >= 11 is 0. The van der Waals surface area contributed by atoms with Crippen molar-refractivity contribution in [2.75, 3.05) is 20.8 Å². The lowest BCUT2D eigenvalue weighted by atomic mass is 9.99. The average Bonchev–Trinajstić information content (AvgIpc) is 2.63. The second-order valence-electron chi connectivity index (χ2n) is 5.78. The molecular formula is C21H24O4. The Morgan fingerprint density at radius 3 is 2.56 bits per heavy atom. The maximum atomic E-state index is 12.2. The third-order valence-electron chi connectivity index (χ3n) is 3.89. The molecule has 2 rings (SSSR count). The Morgan fingerprint density at radius 2 is 1.84 bits per heavy atom.